The summed E-state index contributed by atoms with van der Waals surface area (Å²) < 4.78 is 31.3. The van der Waals surface area contributed by atoms with Crippen molar-refractivity contribution in [3.05, 3.63) is 105 Å². The van der Waals surface area contributed by atoms with Gasteiger partial charge >= 0.3 is 10.1 Å². The molecule has 0 unspecified atom stereocenters. The molecule has 11 heteroatoms. The maximum Gasteiger partial charge on any atom is 0.346 e. The third-order valence-electron chi connectivity index (χ3n) is 4.79. The second-order valence-electron chi connectivity index (χ2n) is 7.05. The van der Waals surface area contributed by atoms with Crippen LogP contribution in [0.5, 0.6) is 5.75 Å². The number of hydrogen-bond donors (Lipinski definition) is 0. The Morgan fingerprint density at radius 1 is 1.00 bits per heavy atom. The second kappa shape index (κ2) is 9.75. The number of carbonyl (C=O) groups excluding carboxylic acids is 1. The summed E-state index contributed by atoms with van der Waals surface area (Å²) in [4.78, 5) is 24.7. The van der Waals surface area contributed by atoms with Gasteiger partial charge in [-0.3, -0.25) is 19.8 Å². The average molecular weight is 513 g/mol. The molecule has 0 aromatic heterocycles. The number of nitro groups is 1. The summed E-state index contributed by atoms with van der Waals surface area (Å²) in [7, 11) is -4.52. The molecule has 0 spiro atoms. The molecule has 0 atom stereocenters. The summed E-state index contributed by atoms with van der Waals surface area (Å²) in [5.41, 5.74) is 0.631. The van der Waals surface area contributed by atoms with Gasteiger partial charge in [-0.2, -0.15) is 8.42 Å². The molecular formula is C23H16N2O6S3. The molecule has 1 amide bonds. The van der Waals surface area contributed by atoms with Crippen LogP contribution in [0.15, 0.2) is 88.7 Å². The van der Waals surface area contributed by atoms with Crippen molar-refractivity contribution in [1.82, 2.24) is 4.90 Å². The van der Waals surface area contributed by atoms with Gasteiger partial charge in [-0.05, 0) is 23.8 Å². The van der Waals surface area contributed by atoms with Gasteiger partial charge in [-0.25, -0.2) is 0 Å². The fraction of sp³-hybridized carbons (Fsp3) is 0.0435. The van der Waals surface area contributed by atoms with Gasteiger partial charge in [0.05, 0.1) is 16.4 Å². The van der Waals surface area contributed by atoms with Crippen LogP contribution >= 0.6 is 24.0 Å². The van der Waals surface area contributed by atoms with E-state index in [2.05, 4.69) is 0 Å². The molecule has 1 fully saturated rings. The largest absolute Gasteiger partial charge is 0.378 e. The molecule has 1 heterocycles. The Morgan fingerprint density at radius 3 is 2.38 bits per heavy atom. The Balaban J connectivity index is 1.63. The quantitative estimate of drug-likeness (QED) is 0.147. The summed E-state index contributed by atoms with van der Waals surface area (Å²) >= 11 is 6.47. The fourth-order valence-electron chi connectivity index (χ4n) is 3.20. The molecule has 1 aliphatic rings. The standard InChI is InChI=1S/C23H16N2O6S3/c26-22-20(33-23(32)24(22)15-16-8-2-1-3-9-16)14-17-10-4-6-12-19(17)31-34(29,30)21-13-7-5-11-18(21)25(27)28/h1-14H,15H2/b20-14-. The second-order valence-corrected chi connectivity index (χ2v) is 10.2. The molecule has 4 rings (SSSR count). The van der Waals surface area contributed by atoms with Crippen LogP contribution in [0, 0.1) is 10.1 Å². The first-order valence-corrected chi connectivity index (χ1v) is 12.5. The predicted octanol–water partition coefficient (Wildman–Crippen LogP) is 4.76. The van der Waals surface area contributed by atoms with E-state index in [4.69, 9.17) is 16.4 Å². The number of carbonyl (C=O) groups is 1. The molecule has 0 radical (unpaired) electrons. The van der Waals surface area contributed by atoms with Crippen LogP contribution in [-0.2, 0) is 21.5 Å². The highest BCUT2D eigenvalue weighted by atomic mass is 32.2. The Bertz CT molecular complexity index is 1420. The van der Waals surface area contributed by atoms with E-state index in [-0.39, 0.29) is 11.7 Å². The average Bonchev–Trinajstić information content (AvgIpc) is 3.08. The molecule has 0 aliphatic carbocycles. The Kier molecular flexibility index (Phi) is 6.77. The van der Waals surface area contributed by atoms with Gasteiger partial charge < -0.3 is 4.18 Å². The minimum absolute atomic E-state index is 0.0750. The molecule has 34 heavy (non-hydrogen) atoms. The van der Waals surface area contributed by atoms with Gasteiger partial charge in [0, 0.05) is 11.6 Å². The Labute approximate surface area is 205 Å². The predicted molar refractivity (Wildman–Crippen MR) is 133 cm³/mol. The van der Waals surface area contributed by atoms with Crippen molar-refractivity contribution < 1.29 is 22.3 Å². The van der Waals surface area contributed by atoms with Crippen LogP contribution in [0.2, 0.25) is 0 Å². The smallest absolute Gasteiger partial charge is 0.346 e. The van der Waals surface area contributed by atoms with E-state index in [1.165, 1.54) is 29.2 Å². The highest BCUT2D eigenvalue weighted by Crippen LogP contribution is 2.36. The summed E-state index contributed by atoms with van der Waals surface area (Å²) in [5.74, 6) is -0.385. The molecule has 8 nitrogen and oxygen atoms in total. The van der Waals surface area contributed by atoms with Gasteiger partial charge in [0.15, 0.2) is 4.90 Å². The zero-order valence-electron chi connectivity index (χ0n) is 17.4. The fourth-order valence-corrected chi connectivity index (χ4v) is 5.57. The van der Waals surface area contributed by atoms with Crippen molar-refractivity contribution in [3.63, 3.8) is 0 Å². The van der Waals surface area contributed by atoms with Gasteiger partial charge in [0.1, 0.15) is 10.1 Å². The molecule has 172 valence electrons. The lowest BCUT2D eigenvalue weighted by molar-refractivity contribution is -0.387. The molecule has 3 aromatic rings. The van der Waals surface area contributed by atoms with E-state index < -0.39 is 25.6 Å². The van der Waals surface area contributed by atoms with Crippen molar-refractivity contribution in [2.45, 2.75) is 11.4 Å². The normalized spacial score (nSPS) is 15.1. The molecule has 0 saturated carbocycles. The molecule has 0 N–H and O–H groups in total. The topological polar surface area (TPSA) is 107 Å². The summed E-state index contributed by atoms with van der Waals surface area (Å²) in [6, 6.07) is 20.5. The van der Waals surface area contributed by atoms with Crippen molar-refractivity contribution in [2.75, 3.05) is 0 Å². The minimum atomic E-state index is -4.52. The third kappa shape index (κ3) is 5.01. The van der Waals surface area contributed by atoms with Gasteiger partial charge in [-0.1, -0.05) is 84.6 Å². The number of amides is 1. The minimum Gasteiger partial charge on any atom is -0.378 e. The lowest BCUT2D eigenvalue weighted by Crippen LogP contribution is -2.27. The van der Waals surface area contributed by atoms with Crippen molar-refractivity contribution >= 4 is 56.1 Å². The highest BCUT2D eigenvalue weighted by molar-refractivity contribution is 8.26. The van der Waals surface area contributed by atoms with Gasteiger partial charge in [0.25, 0.3) is 11.6 Å². The lowest BCUT2D eigenvalue weighted by Gasteiger charge is -2.14. The van der Waals surface area contributed by atoms with Gasteiger partial charge in [0.2, 0.25) is 0 Å². The number of nitrogens with zero attached hydrogens (tertiary/aromatic N) is 2. The Morgan fingerprint density at radius 2 is 1.65 bits per heavy atom. The van der Waals surface area contributed by atoms with E-state index in [1.54, 1.807) is 18.2 Å². The number of para-hydroxylation sites is 2. The summed E-state index contributed by atoms with van der Waals surface area (Å²) in [6.07, 6.45) is 1.49. The zero-order valence-corrected chi connectivity index (χ0v) is 19.8. The van der Waals surface area contributed by atoms with Crippen LogP contribution in [0.25, 0.3) is 6.08 Å². The number of hydrogen-bond acceptors (Lipinski definition) is 8. The highest BCUT2D eigenvalue weighted by Gasteiger charge is 2.33. The summed E-state index contributed by atoms with van der Waals surface area (Å²) in [6.45, 7) is 0.313. The van der Waals surface area contributed by atoms with Gasteiger partial charge in [-0.15, -0.1) is 0 Å². The molecule has 0 bridgehead atoms. The third-order valence-corrected chi connectivity index (χ3v) is 7.45. The molecular weight excluding hydrogens is 496 g/mol. The maximum absolute atomic E-state index is 13.0. The van der Waals surface area contributed by atoms with E-state index in [9.17, 15) is 23.3 Å². The van der Waals surface area contributed by atoms with Crippen molar-refractivity contribution in [2.24, 2.45) is 0 Å². The Hall–Kier alpha value is -3.54. The monoisotopic (exact) mass is 512 g/mol. The summed E-state index contributed by atoms with van der Waals surface area (Å²) in [5, 5.41) is 11.3. The first kappa shape index (κ1) is 23.6. The van der Waals surface area contributed by atoms with Crippen LogP contribution in [0.4, 0.5) is 5.69 Å². The number of nitro benzene ring substituents is 1. The lowest BCUT2D eigenvalue weighted by atomic mass is 10.2. The zero-order chi connectivity index (χ0) is 24.3. The van der Waals surface area contributed by atoms with E-state index in [0.29, 0.717) is 21.3 Å². The van der Waals surface area contributed by atoms with Crippen molar-refractivity contribution in [1.29, 1.82) is 0 Å². The van der Waals surface area contributed by atoms with Crippen LogP contribution in [0.3, 0.4) is 0 Å². The number of thioether (sulfide) groups is 1. The van der Waals surface area contributed by atoms with Crippen molar-refractivity contribution in [3.8, 4) is 5.75 Å². The number of rotatable bonds is 7. The molecule has 1 aliphatic heterocycles. The SMILES string of the molecule is O=C1/C(=C/c2ccccc2OS(=O)(=O)c2ccccc2[N+](=O)[O-])SC(=S)N1Cc1ccccc1. The van der Waals surface area contributed by atoms with E-state index >= 15 is 0 Å². The van der Waals surface area contributed by atoms with Crippen LogP contribution < -0.4 is 4.18 Å². The van der Waals surface area contributed by atoms with Crippen LogP contribution in [0.1, 0.15) is 11.1 Å². The first-order valence-electron chi connectivity index (χ1n) is 9.82. The first-order chi connectivity index (χ1) is 16.3. The number of thiocarbonyl (C=S) groups is 1. The molecule has 1 saturated heterocycles. The molecule has 3 aromatic carbocycles. The van der Waals surface area contributed by atoms with E-state index in [0.717, 1.165) is 29.5 Å². The van der Waals surface area contributed by atoms with E-state index in [1.807, 2.05) is 30.3 Å². The number of benzene rings is 3. The van der Waals surface area contributed by atoms with Crippen LogP contribution in [-0.4, -0.2) is 28.5 Å². The maximum atomic E-state index is 13.0.